The SMILES string of the molecule is COc1ccnc(COC2(CN)CCCCCC2)c1OC. The zero-order chi connectivity index (χ0) is 15.1. The molecule has 0 aromatic carbocycles. The second-order valence-electron chi connectivity index (χ2n) is 5.58. The summed E-state index contributed by atoms with van der Waals surface area (Å²) in [5.74, 6) is 1.31. The van der Waals surface area contributed by atoms with Crippen molar-refractivity contribution in [3.8, 4) is 11.5 Å². The first-order chi connectivity index (χ1) is 10.2. The monoisotopic (exact) mass is 294 g/mol. The van der Waals surface area contributed by atoms with E-state index in [-0.39, 0.29) is 5.60 Å². The van der Waals surface area contributed by atoms with E-state index in [1.807, 2.05) is 0 Å². The van der Waals surface area contributed by atoms with Crippen LogP contribution >= 0.6 is 0 Å². The lowest BCUT2D eigenvalue weighted by atomic mass is 9.94. The van der Waals surface area contributed by atoms with Crippen molar-refractivity contribution in [1.82, 2.24) is 4.98 Å². The Morgan fingerprint density at radius 1 is 1.14 bits per heavy atom. The summed E-state index contributed by atoms with van der Waals surface area (Å²) in [7, 11) is 3.24. The third kappa shape index (κ3) is 3.86. The summed E-state index contributed by atoms with van der Waals surface area (Å²) in [6.45, 7) is 0.955. The van der Waals surface area contributed by atoms with E-state index in [9.17, 15) is 0 Å². The summed E-state index contributed by atoms with van der Waals surface area (Å²) in [6, 6.07) is 1.78. The molecule has 0 amide bonds. The van der Waals surface area contributed by atoms with Crippen LogP contribution in [0.25, 0.3) is 0 Å². The average molecular weight is 294 g/mol. The van der Waals surface area contributed by atoms with Gasteiger partial charge in [0.15, 0.2) is 11.5 Å². The summed E-state index contributed by atoms with van der Waals surface area (Å²) < 4.78 is 16.9. The van der Waals surface area contributed by atoms with Gasteiger partial charge in [0.05, 0.1) is 26.4 Å². The quantitative estimate of drug-likeness (QED) is 0.817. The van der Waals surface area contributed by atoms with Crippen LogP contribution in [0.15, 0.2) is 12.3 Å². The van der Waals surface area contributed by atoms with Gasteiger partial charge in [-0.25, -0.2) is 0 Å². The highest BCUT2D eigenvalue weighted by Gasteiger charge is 2.31. The van der Waals surface area contributed by atoms with E-state index >= 15 is 0 Å². The highest BCUT2D eigenvalue weighted by atomic mass is 16.5. The van der Waals surface area contributed by atoms with Crippen molar-refractivity contribution in [3.63, 3.8) is 0 Å². The number of methoxy groups -OCH3 is 2. The van der Waals surface area contributed by atoms with E-state index in [0.717, 1.165) is 18.5 Å². The van der Waals surface area contributed by atoms with Crippen molar-refractivity contribution in [3.05, 3.63) is 18.0 Å². The maximum absolute atomic E-state index is 6.20. The van der Waals surface area contributed by atoms with Crippen LogP contribution in [-0.2, 0) is 11.3 Å². The molecule has 118 valence electrons. The Kier molecular flexibility index (Phi) is 5.82. The molecule has 0 radical (unpaired) electrons. The first-order valence-corrected chi connectivity index (χ1v) is 7.64. The molecule has 0 atom stereocenters. The molecule has 0 aliphatic heterocycles. The summed E-state index contributed by atoms with van der Waals surface area (Å²) in [4.78, 5) is 4.36. The van der Waals surface area contributed by atoms with Crippen LogP contribution in [0, 0.1) is 0 Å². The normalized spacial score (nSPS) is 18.0. The minimum atomic E-state index is -0.216. The van der Waals surface area contributed by atoms with Crippen molar-refractivity contribution in [2.24, 2.45) is 5.73 Å². The highest BCUT2D eigenvalue weighted by Crippen LogP contribution is 2.33. The molecule has 2 rings (SSSR count). The predicted octanol–water partition coefficient (Wildman–Crippen LogP) is 2.67. The molecule has 1 heterocycles. The van der Waals surface area contributed by atoms with Gasteiger partial charge >= 0.3 is 0 Å². The molecule has 1 aliphatic rings. The van der Waals surface area contributed by atoms with Crippen molar-refractivity contribution in [2.75, 3.05) is 20.8 Å². The second kappa shape index (κ2) is 7.61. The molecule has 2 N–H and O–H groups in total. The lowest BCUT2D eigenvalue weighted by Crippen LogP contribution is -2.40. The topological polar surface area (TPSA) is 66.6 Å². The van der Waals surface area contributed by atoms with Crippen molar-refractivity contribution >= 4 is 0 Å². The van der Waals surface area contributed by atoms with Gasteiger partial charge in [0, 0.05) is 18.8 Å². The smallest absolute Gasteiger partial charge is 0.184 e. The third-order valence-corrected chi connectivity index (χ3v) is 4.27. The molecule has 0 saturated heterocycles. The van der Waals surface area contributed by atoms with Gasteiger partial charge in [0.2, 0.25) is 0 Å². The van der Waals surface area contributed by atoms with Gasteiger partial charge in [0.1, 0.15) is 5.69 Å². The molecule has 1 aromatic rings. The van der Waals surface area contributed by atoms with Crippen LogP contribution in [0.1, 0.15) is 44.2 Å². The number of hydrogen-bond donors (Lipinski definition) is 1. The lowest BCUT2D eigenvalue weighted by molar-refractivity contribution is -0.0619. The van der Waals surface area contributed by atoms with Crippen molar-refractivity contribution in [1.29, 1.82) is 0 Å². The molecule has 5 heteroatoms. The van der Waals surface area contributed by atoms with Gasteiger partial charge in [-0.3, -0.25) is 4.98 Å². The van der Waals surface area contributed by atoms with E-state index in [1.54, 1.807) is 26.5 Å². The Bertz CT molecular complexity index is 443. The maximum atomic E-state index is 6.20. The summed E-state index contributed by atoms with van der Waals surface area (Å²) in [6.07, 6.45) is 8.66. The molecule has 1 fully saturated rings. The minimum absolute atomic E-state index is 0.216. The predicted molar refractivity (Wildman–Crippen MR) is 81.6 cm³/mol. The average Bonchev–Trinajstić information content (AvgIpc) is 2.78. The summed E-state index contributed by atoms with van der Waals surface area (Å²) >= 11 is 0. The highest BCUT2D eigenvalue weighted by molar-refractivity contribution is 5.42. The largest absolute Gasteiger partial charge is 0.493 e. The molecule has 1 aromatic heterocycles. The molecule has 0 bridgehead atoms. The molecule has 1 saturated carbocycles. The minimum Gasteiger partial charge on any atom is -0.493 e. The number of ether oxygens (including phenoxy) is 3. The molecule has 0 unspecified atom stereocenters. The van der Waals surface area contributed by atoms with E-state index < -0.39 is 0 Å². The maximum Gasteiger partial charge on any atom is 0.184 e. The first-order valence-electron chi connectivity index (χ1n) is 7.64. The molecule has 1 aliphatic carbocycles. The Hall–Kier alpha value is -1.33. The van der Waals surface area contributed by atoms with Gasteiger partial charge in [-0.1, -0.05) is 25.7 Å². The number of nitrogens with zero attached hydrogens (tertiary/aromatic N) is 1. The van der Waals surface area contributed by atoms with Crippen molar-refractivity contribution < 1.29 is 14.2 Å². The first kappa shape index (κ1) is 16.0. The third-order valence-electron chi connectivity index (χ3n) is 4.27. The van der Waals surface area contributed by atoms with E-state index in [2.05, 4.69) is 4.98 Å². The number of aromatic nitrogens is 1. The van der Waals surface area contributed by atoms with Crippen LogP contribution in [-0.4, -0.2) is 31.3 Å². The van der Waals surface area contributed by atoms with Gasteiger partial charge in [-0.05, 0) is 12.8 Å². The Morgan fingerprint density at radius 2 is 1.86 bits per heavy atom. The number of rotatable bonds is 6. The molecular formula is C16H26N2O3. The van der Waals surface area contributed by atoms with Gasteiger partial charge < -0.3 is 19.9 Å². The van der Waals surface area contributed by atoms with E-state index in [0.29, 0.717) is 24.7 Å². The van der Waals surface area contributed by atoms with Gasteiger partial charge in [-0.2, -0.15) is 0 Å². The fraction of sp³-hybridized carbons (Fsp3) is 0.688. The fourth-order valence-electron chi connectivity index (χ4n) is 2.96. The van der Waals surface area contributed by atoms with Crippen LogP contribution in [0.4, 0.5) is 0 Å². The molecular weight excluding hydrogens is 268 g/mol. The zero-order valence-electron chi connectivity index (χ0n) is 13.1. The summed E-state index contributed by atoms with van der Waals surface area (Å²) in [5.41, 5.74) is 6.54. The van der Waals surface area contributed by atoms with Crippen LogP contribution < -0.4 is 15.2 Å². The standard InChI is InChI=1S/C16H26N2O3/c1-19-14-7-10-18-13(15(14)20-2)11-21-16(12-17)8-5-3-4-6-9-16/h7,10H,3-6,8-9,11-12,17H2,1-2H3. The van der Waals surface area contributed by atoms with Gasteiger partial charge in [0.25, 0.3) is 0 Å². The van der Waals surface area contributed by atoms with E-state index in [4.69, 9.17) is 19.9 Å². The lowest BCUT2D eigenvalue weighted by Gasteiger charge is -2.31. The number of hydrogen-bond acceptors (Lipinski definition) is 5. The number of pyridine rings is 1. The Labute approximate surface area is 126 Å². The molecule has 0 spiro atoms. The fourth-order valence-corrected chi connectivity index (χ4v) is 2.96. The zero-order valence-corrected chi connectivity index (χ0v) is 13.1. The number of nitrogens with two attached hydrogens (primary N) is 1. The Balaban J connectivity index is 2.10. The Morgan fingerprint density at radius 3 is 2.43 bits per heavy atom. The molecule has 21 heavy (non-hydrogen) atoms. The van der Waals surface area contributed by atoms with E-state index in [1.165, 1.54) is 25.7 Å². The van der Waals surface area contributed by atoms with Crippen LogP contribution in [0.3, 0.4) is 0 Å². The second-order valence-corrected chi connectivity index (χ2v) is 5.58. The summed E-state index contributed by atoms with van der Waals surface area (Å²) in [5, 5.41) is 0. The van der Waals surface area contributed by atoms with Crippen molar-refractivity contribution in [2.45, 2.75) is 50.7 Å². The molecule has 5 nitrogen and oxygen atoms in total. The van der Waals surface area contributed by atoms with Crippen LogP contribution in [0.5, 0.6) is 11.5 Å². The van der Waals surface area contributed by atoms with Crippen LogP contribution in [0.2, 0.25) is 0 Å². The van der Waals surface area contributed by atoms with Gasteiger partial charge in [-0.15, -0.1) is 0 Å².